The topological polar surface area (TPSA) is 92.3 Å². The van der Waals surface area contributed by atoms with Gasteiger partial charge in [-0.2, -0.15) is 0 Å². The van der Waals surface area contributed by atoms with Gasteiger partial charge in [0.05, 0.1) is 6.07 Å². The highest BCUT2D eigenvalue weighted by atomic mass is 35.5. The van der Waals surface area contributed by atoms with Gasteiger partial charge in [0.25, 0.3) is 5.56 Å². The zero-order valence-corrected chi connectivity index (χ0v) is 10.6. The molecule has 0 spiro atoms. The number of H-pyrrole nitrogens is 1. The van der Waals surface area contributed by atoms with E-state index in [0.717, 1.165) is 6.07 Å². The zero-order chi connectivity index (χ0) is 14.0. The summed E-state index contributed by atoms with van der Waals surface area (Å²) in [5.41, 5.74) is -0.486. The van der Waals surface area contributed by atoms with Gasteiger partial charge in [0.2, 0.25) is 5.88 Å². The molecule has 6 nitrogen and oxygen atoms in total. The summed E-state index contributed by atoms with van der Waals surface area (Å²) in [5.74, 6) is -0.729. The van der Waals surface area contributed by atoms with Gasteiger partial charge in [0.1, 0.15) is 17.1 Å². The van der Waals surface area contributed by atoms with Crippen LogP contribution in [0, 0.1) is 6.92 Å². The van der Waals surface area contributed by atoms with Crippen LogP contribution in [0.4, 0.5) is 0 Å². The van der Waals surface area contributed by atoms with Crippen molar-refractivity contribution in [2.24, 2.45) is 0 Å². The van der Waals surface area contributed by atoms with Gasteiger partial charge in [-0.3, -0.25) is 4.79 Å². The molecule has 19 heavy (non-hydrogen) atoms. The van der Waals surface area contributed by atoms with Crippen LogP contribution < -0.4 is 10.3 Å². The van der Waals surface area contributed by atoms with Gasteiger partial charge in [-0.05, 0) is 25.1 Å². The van der Waals surface area contributed by atoms with Gasteiger partial charge in [-0.1, -0.05) is 11.6 Å². The number of hydrogen-bond acceptors (Lipinski definition) is 4. The predicted octanol–water partition coefficient (Wildman–Crippen LogP) is 2.22. The fourth-order valence-electron chi connectivity index (χ4n) is 1.48. The molecule has 2 aromatic rings. The average molecular weight is 281 g/mol. The largest absolute Gasteiger partial charge is 0.478 e. The molecule has 1 aromatic carbocycles. The van der Waals surface area contributed by atoms with E-state index in [9.17, 15) is 9.59 Å². The van der Waals surface area contributed by atoms with Crippen molar-refractivity contribution in [2.45, 2.75) is 6.92 Å². The van der Waals surface area contributed by atoms with Gasteiger partial charge < -0.3 is 14.8 Å². The molecule has 1 heterocycles. The lowest BCUT2D eigenvalue weighted by Gasteiger charge is -2.08. The van der Waals surface area contributed by atoms with Crippen molar-refractivity contribution in [1.82, 2.24) is 9.97 Å². The summed E-state index contributed by atoms with van der Waals surface area (Å²) in [6, 6.07) is 5.29. The summed E-state index contributed by atoms with van der Waals surface area (Å²) in [7, 11) is 0. The van der Waals surface area contributed by atoms with E-state index >= 15 is 0 Å². The molecule has 0 radical (unpaired) electrons. The van der Waals surface area contributed by atoms with Crippen LogP contribution in [0.25, 0.3) is 0 Å². The number of ether oxygens (including phenoxy) is 1. The van der Waals surface area contributed by atoms with E-state index in [0.29, 0.717) is 5.82 Å². The average Bonchev–Trinajstić information content (AvgIpc) is 2.30. The molecule has 0 aliphatic rings. The zero-order valence-electron chi connectivity index (χ0n) is 9.81. The molecule has 0 saturated heterocycles. The molecule has 98 valence electrons. The number of carboxylic acids is 1. The third-order valence-electron chi connectivity index (χ3n) is 2.22. The molecule has 1 aromatic heterocycles. The molecule has 0 aliphatic heterocycles. The Bertz CT molecular complexity index is 696. The second-order valence-electron chi connectivity index (χ2n) is 3.72. The normalized spacial score (nSPS) is 10.2. The third kappa shape index (κ3) is 3.11. The first-order chi connectivity index (χ1) is 8.95. The molecular weight excluding hydrogens is 272 g/mol. The molecule has 0 saturated carbocycles. The lowest BCUT2D eigenvalue weighted by molar-refractivity contribution is 0.0694. The summed E-state index contributed by atoms with van der Waals surface area (Å²) in [6.07, 6.45) is 0. The number of hydrogen-bond donors (Lipinski definition) is 2. The predicted molar refractivity (Wildman–Crippen MR) is 68.1 cm³/mol. The van der Waals surface area contributed by atoms with Crippen molar-refractivity contribution in [3.05, 3.63) is 51.0 Å². The highest BCUT2D eigenvalue weighted by molar-refractivity contribution is 6.31. The van der Waals surface area contributed by atoms with Crippen LogP contribution in [0.15, 0.2) is 29.1 Å². The number of aromatic carboxylic acids is 1. The number of carboxylic acid groups (broad SMARTS) is 1. The highest BCUT2D eigenvalue weighted by Gasteiger charge is 2.13. The Balaban J connectivity index is 2.43. The maximum atomic E-state index is 11.3. The molecule has 0 aliphatic carbocycles. The van der Waals surface area contributed by atoms with Gasteiger partial charge in [0.15, 0.2) is 0 Å². The van der Waals surface area contributed by atoms with Crippen LogP contribution in [0.5, 0.6) is 11.6 Å². The fraction of sp³-hybridized carbons (Fsp3) is 0.0833. The summed E-state index contributed by atoms with van der Waals surface area (Å²) in [5, 5.41) is 9.33. The Morgan fingerprint density at radius 2 is 2.16 bits per heavy atom. The molecule has 0 unspecified atom stereocenters. The third-order valence-corrected chi connectivity index (χ3v) is 2.46. The molecule has 0 bridgehead atoms. The Kier molecular flexibility index (Phi) is 3.52. The highest BCUT2D eigenvalue weighted by Crippen LogP contribution is 2.26. The second-order valence-corrected chi connectivity index (χ2v) is 4.15. The number of aryl methyl sites for hydroxylation is 1. The monoisotopic (exact) mass is 280 g/mol. The van der Waals surface area contributed by atoms with E-state index in [2.05, 4.69) is 9.97 Å². The smallest absolute Gasteiger partial charge is 0.339 e. The first kappa shape index (κ1) is 13.1. The lowest BCUT2D eigenvalue weighted by atomic mass is 10.2. The van der Waals surface area contributed by atoms with Crippen LogP contribution >= 0.6 is 11.6 Å². The summed E-state index contributed by atoms with van der Waals surface area (Å²) >= 11 is 5.72. The Morgan fingerprint density at radius 1 is 1.42 bits per heavy atom. The van der Waals surface area contributed by atoms with E-state index in [-0.39, 0.29) is 27.8 Å². The standard InChI is InChI=1S/C12H9ClN2O4/c1-6-14-10(16)5-11(15-6)19-9-3-2-7(13)4-8(9)12(17)18/h2-5H,1H3,(H,17,18)(H,14,15,16). The van der Waals surface area contributed by atoms with Crippen LogP contribution in [-0.2, 0) is 0 Å². The fourth-order valence-corrected chi connectivity index (χ4v) is 1.65. The molecule has 0 fully saturated rings. The Morgan fingerprint density at radius 3 is 2.79 bits per heavy atom. The molecule has 2 N–H and O–H groups in total. The van der Waals surface area contributed by atoms with Crippen molar-refractivity contribution in [3.63, 3.8) is 0 Å². The van der Waals surface area contributed by atoms with Crippen molar-refractivity contribution >= 4 is 17.6 Å². The first-order valence-electron chi connectivity index (χ1n) is 5.24. The number of aromatic nitrogens is 2. The minimum absolute atomic E-state index is 0.0195. The van der Waals surface area contributed by atoms with Crippen LogP contribution in [-0.4, -0.2) is 21.0 Å². The van der Waals surface area contributed by atoms with E-state index in [1.807, 2.05) is 0 Å². The van der Waals surface area contributed by atoms with Crippen LogP contribution in [0.1, 0.15) is 16.2 Å². The SMILES string of the molecule is Cc1nc(Oc2ccc(Cl)cc2C(=O)O)cc(=O)[nH]1. The van der Waals surface area contributed by atoms with Crippen LogP contribution in [0.2, 0.25) is 5.02 Å². The van der Waals surface area contributed by atoms with E-state index in [4.69, 9.17) is 21.4 Å². The maximum Gasteiger partial charge on any atom is 0.339 e. The minimum atomic E-state index is -1.18. The quantitative estimate of drug-likeness (QED) is 0.899. The van der Waals surface area contributed by atoms with Crippen molar-refractivity contribution < 1.29 is 14.6 Å². The number of rotatable bonds is 3. The summed E-state index contributed by atoms with van der Waals surface area (Å²) in [4.78, 5) is 28.7. The number of nitrogens with zero attached hydrogens (tertiary/aromatic N) is 1. The Hall–Kier alpha value is -2.34. The summed E-state index contributed by atoms with van der Waals surface area (Å²) < 4.78 is 5.32. The number of nitrogens with one attached hydrogen (secondary N) is 1. The second kappa shape index (κ2) is 5.11. The maximum absolute atomic E-state index is 11.3. The van der Waals surface area contributed by atoms with Gasteiger partial charge in [-0.25, -0.2) is 9.78 Å². The van der Waals surface area contributed by atoms with Crippen LogP contribution in [0.3, 0.4) is 0 Å². The molecule has 0 amide bonds. The molecular formula is C12H9ClN2O4. The lowest BCUT2D eigenvalue weighted by Crippen LogP contribution is -2.09. The number of carbonyl (C=O) groups is 1. The van der Waals surface area contributed by atoms with Gasteiger partial charge >= 0.3 is 5.97 Å². The molecule has 0 atom stereocenters. The van der Waals surface area contributed by atoms with Crippen molar-refractivity contribution in [2.75, 3.05) is 0 Å². The van der Waals surface area contributed by atoms with Crippen molar-refractivity contribution in [3.8, 4) is 11.6 Å². The number of aromatic amines is 1. The minimum Gasteiger partial charge on any atom is -0.478 e. The van der Waals surface area contributed by atoms with E-state index in [1.165, 1.54) is 18.2 Å². The molecule has 7 heteroatoms. The van der Waals surface area contributed by atoms with Crippen molar-refractivity contribution in [1.29, 1.82) is 0 Å². The number of benzene rings is 1. The Labute approximate surface area is 112 Å². The number of halogens is 1. The van der Waals surface area contributed by atoms with Gasteiger partial charge in [0, 0.05) is 5.02 Å². The summed E-state index contributed by atoms with van der Waals surface area (Å²) in [6.45, 7) is 1.59. The van der Waals surface area contributed by atoms with E-state index in [1.54, 1.807) is 6.92 Å². The molecule has 2 rings (SSSR count). The van der Waals surface area contributed by atoms with Gasteiger partial charge in [-0.15, -0.1) is 0 Å². The first-order valence-corrected chi connectivity index (χ1v) is 5.62. The van der Waals surface area contributed by atoms with E-state index < -0.39 is 5.97 Å².